The molecule has 0 amide bonds. The molecule has 0 bridgehead atoms. The number of benzene rings is 2. The number of aliphatic carboxylic acids is 2. The van der Waals surface area contributed by atoms with E-state index in [0.717, 1.165) is 86.0 Å². The van der Waals surface area contributed by atoms with Gasteiger partial charge in [0.05, 0.1) is 11.9 Å². The smallest absolute Gasteiger partial charge is 0.0870 e. The lowest BCUT2D eigenvalue weighted by Gasteiger charge is -2.25. The van der Waals surface area contributed by atoms with Gasteiger partial charge in [0.25, 0.3) is 0 Å². The Morgan fingerprint density at radius 2 is 1.13 bits per heavy atom. The second kappa shape index (κ2) is 17.3. The number of carbonyl (C=O) groups is 2. The Bertz CT molecular complexity index is 1570. The van der Waals surface area contributed by atoms with Gasteiger partial charge in [0.1, 0.15) is 0 Å². The first-order valence-electron chi connectivity index (χ1n) is 15.2. The third-order valence-corrected chi connectivity index (χ3v) is 8.47. The van der Waals surface area contributed by atoms with Crippen LogP contribution in [0.5, 0.6) is 0 Å². The van der Waals surface area contributed by atoms with Crippen LogP contribution in [0.15, 0.2) is 60.9 Å². The van der Waals surface area contributed by atoms with Crippen LogP contribution < -0.4 is 10.2 Å². The molecule has 0 saturated heterocycles. The number of halogens is 2. The molecule has 2 aromatic heterocycles. The normalized spacial score (nSPS) is 15.4. The van der Waals surface area contributed by atoms with Crippen LogP contribution >= 0.6 is 23.2 Å². The molecule has 0 atom stereocenters. The highest BCUT2D eigenvalue weighted by Gasteiger charge is 2.16. The second-order valence-corrected chi connectivity index (χ2v) is 11.9. The predicted octanol–water partition coefficient (Wildman–Crippen LogP) is 3.07. The van der Waals surface area contributed by atoms with Gasteiger partial charge in [0.15, 0.2) is 0 Å². The van der Waals surface area contributed by atoms with Crippen molar-refractivity contribution >= 4 is 68.1 Å². The van der Waals surface area contributed by atoms with Crippen molar-refractivity contribution in [3.63, 3.8) is 0 Å². The van der Waals surface area contributed by atoms with E-state index < -0.39 is 11.9 Å². The molecule has 0 unspecified atom stereocenters. The number of aromatic nitrogens is 2. The van der Waals surface area contributed by atoms with Gasteiger partial charge in [-0.2, -0.15) is 0 Å². The Morgan fingerprint density at radius 1 is 0.717 bits per heavy atom. The third kappa shape index (κ3) is 9.68. The minimum Gasteiger partial charge on any atom is -0.543 e. The summed E-state index contributed by atoms with van der Waals surface area (Å²) in [6.07, 6.45) is 12.6. The molecule has 246 valence electrons. The van der Waals surface area contributed by atoms with Crippen molar-refractivity contribution in [1.29, 1.82) is 0 Å². The quantitative estimate of drug-likeness (QED) is 0.209. The molecule has 46 heavy (non-hydrogen) atoms. The monoisotopic (exact) mass is 668 g/mol. The van der Waals surface area contributed by atoms with Crippen LogP contribution in [-0.4, -0.2) is 94.4 Å². The Balaban J connectivity index is 0.000000178. The molecule has 2 aromatic carbocycles. The highest BCUT2D eigenvalue weighted by Crippen LogP contribution is 2.32. The molecule has 12 heteroatoms. The van der Waals surface area contributed by atoms with E-state index in [1.165, 1.54) is 33.0 Å². The second-order valence-electron chi connectivity index (χ2n) is 11.1. The zero-order valence-electron chi connectivity index (χ0n) is 25.4. The van der Waals surface area contributed by atoms with E-state index in [9.17, 15) is 0 Å². The van der Waals surface area contributed by atoms with Crippen molar-refractivity contribution in [3.05, 3.63) is 82.1 Å². The van der Waals surface area contributed by atoms with Gasteiger partial charge in [0.2, 0.25) is 0 Å². The number of carbonyl (C=O) groups excluding carboxylic acids is 2. The number of carboxylic acid groups (broad SMARTS) is 2. The molecule has 0 saturated carbocycles. The van der Waals surface area contributed by atoms with Crippen LogP contribution in [0.3, 0.4) is 0 Å². The molecule has 4 aromatic rings. The summed E-state index contributed by atoms with van der Waals surface area (Å²) in [6.45, 7) is 6.52. The first-order chi connectivity index (χ1) is 22.2. The van der Waals surface area contributed by atoms with E-state index in [2.05, 4.69) is 44.3 Å². The first-order valence-corrected chi connectivity index (χ1v) is 16.0. The minimum atomic E-state index is -2.19. The lowest BCUT2D eigenvalue weighted by Crippen LogP contribution is -2.42. The zero-order valence-corrected chi connectivity index (χ0v) is 26.9. The average Bonchev–Trinajstić information content (AvgIpc) is 3.67. The average molecular weight is 670 g/mol. The number of aliphatic hydroxyl groups excluding tert-OH is 2. The number of H-pyrrole nitrogens is 2. The topological polar surface area (TPSA) is 159 Å². The summed E-state index contributed by atoms with van der Waals surface area (Å²) in [6, 6.07) is 11.9. The summed E-state index contributed by atoms with van der Waals surface area (Å²) in [5.74, 6) is -4.37. The molecular formula is C34H38Cl2N4O6-2. The minimum absolute atomic E-state index is 0.272. The van der Waals surface area contributed by atoms with E-state index in [1.807, 2.05) is 36.4 Å². The summed E-state index contributed by atoms with van der Waals surface area (Å²) < 4.78 is 0. The van der Waals surface area contributed by atoms with Gasteiger partial charge in [-0.25, -0.2) is 0 Å². The number of nitrogens with one attached hydrogen (secondary N) is 2. The van der Waals surface area contributed by atoms with Crippen molar-refractivity contribution in [1.82, 2.24) is 19.8 Å². The number of fused-ring (bicyclic) bond motifs is 2. The molecule has 6 rings (SSSR count). The number of hydrogen-bond donors (Lipinski definition) is 4. The number of rotatable bonds is 8. The van der Waals surface area contributed by atoms with Crippen LogP contribution in [0.4, 0.5) is 0 Å². The van der Waals surface area contributed by atoms with Gasteiger partial charge in [0, 0.05) is 108 Å². The van der Waals surface area contributed by atoms with Gasteiger partial charge in [-0.15, -0.1) is 0 Å². The maximum atomic E-state index is 8.93. The maximum Gasteiger partial charge on any atom is 0.0870 e. The van der Waals surface area contributed by atoms with Crippen LogP contribution in [-0.2, 0) is 9.59 Å². The maximum absolute atomic E-state index is 8.93. The van der Waals surface area contributed by atoms with E-state index in [1.54, 1.807) is 0 Å². The van der Waals surface area contributed by atoms with Crippen LogP contribution in [0.1, 0.15) is 36.8 Å². The van der Waals surface area contributed by atoms with Crippen molar-refractivity contribution in [2.45, 2.75) is 25.7 Å². The fraction of sp³-hybridized carbons (Fsp3) is 0.353. The summed E-state index contributed by atoms with van der Waals surface area (Å²) in [5, 5.41) is 39.6. The van der Waals surface area contributed by atoms with Gasteiger partial charge in [-0.05, 0) is 73.2 Å². The lowest BCUT2D eigenvalue weighted by molar-refractivity contribution is -0.345. The largest absolute Gasteiger partial charge is 0.543 e. The van der Waals surface area contributed by atoms with Crippen LogP contribution in [0.25, 0.3) is 33.0 Å². The van der Waals surface area contributed by atoms with Crippen LogP contribution in [0.2, 0.25) is 10.0 Å². The van der Waals surface area contributed by atoms with Crippen molar-refractivity contribution in [2.24, 2.45) is 0 Å². The fourth-order valence-electron chi connectivity index (χ4n) is 5.62. The predicted molar refractivity (Wildman–Crippen MR) is 178 cm³/mol. The molecule has 0 aliphatic carbocycles. The molecule has 4 heterocycles. The van der Waals surface area contributed by atoms with Gasteiger partial charge in [-0.3, -0.25) is 9.80 Å². The van der Waals surface area contributed by atoms with E-state index in [0.29, 0.717) is 0 Å². The van der Waals surface area contributed by atoms with Crippen LogP contribution in [0, 0.1) is 0 Å². The Hall–Kier alpha value is -3.64. The highest BCUT2D eigenvalue weighted by molar-refractivity contribution is 6.31. The van der Waals surface area contributed by atoms with E-state index in [-0.39, 0.29) is 13.2 Å². The molecular weight excluding hydrogens is 631 g/mol. The number of aromatic amines is 2. The number of aliphatic hydroxyl groups is 2. The standard InChI is InChI=1S/2C16H19ClN2O.C2H2O4/c2*17-13-2-3-16-14(10-13)15(11-18-16)12-4-7-19(8-5-12)6-1-9-20;3-1(4)2(5)6/h2*2-4,10-11,18,20H,1,5-9H2;(H,3,4)(H,5,6)/p-2. The first kappa shape index (κ1) is 35.2. The molecule has 2 aliphatic rings. The molecule has 2 aliphatic heterocycles. The van der Waals surface area contributed by atoms with Crippen molar-refractivity contribution in [2.75, 3.05) is 52.5 Å². The summed E-state index contributed by atoms with van der Waals surface area (Å²) in [7, 11) is 0. The van der Waals surface area contributed by atoms with E-state index in [4.69, 9.17) is 53.2 Å². The van der Waals surface area contributed by atoms with Gasteiger partial charge in [-0.1, -0.05) is 35.4 Å². The summed E-state index contributed by atoms with van der Waals surface area (Å²) in [4.78, 5) is 29.2. The third-order valence-electron chi connectivity index (χ3n) is 8.00. The van der Waals surface area contributed by atoms with E-state index >= 15 is 0 Å². The van der Waals surface area contributed by atoms with Crippen molar-refractivity contribution < 1.29 is 30.0 Å². The Labute approximate surface area is 277 Å². The lowest BCUT2D eigenvalue weighted by atomic mass is 9.99. The zero-order chi connectivity index (χ0) is 33.1. The number of hydrogen-bond acceptors (Lipinski definition) is 8. The molecule has 10 nitrogen and oxygen atoms in total. The van der Waals surface area contributed by atoms with Gasteiger partial charge < -0.3 is 40.0 Å². The highest BCUT2D eigenvalue weighted by atomic mass is 35.5. The van der Waals surface area contributed by atoms with Crippen molar-refractivity contribution in [3.8, 4) is 0 Å². The Morgan fingerprint density at radius 3 is 1.46 bits per heavy atom. The summed E-state index contributed by atoms with van der Waals surface area (Å²) in [5.41, 5.74) is 7.58. The SMILES string of the molecule is O=C([O-])C(=O)[O-].OCCCN1CC=C(c2c[nH]c3ccc(Cl)cc23)CC1.OCCCN1CC=C(c2c[nH]c3ccc(Cl)cc23)CC1. The summed E-state index contributed by atoms with van der Waals surface area (Å²) >= 11 is 12.2. The molecule has 0 fully saturated rings. The number of carboxylic acids is 2. The molecule has 0 spiro atoms. The fourth-order valence-corrected chi connectivity index (χ4v) is 5.97. The Kier molecular flexibility index (Phi) is 13.3. The number of nitrogens with zero attached hydrogens (tertiary/aromatic N) is 2. The van der Waals surface area contributed by atoms with Gasteiger partial charge >= 0.3 is 0 Å². The molecule has 0 radical (unpaired) electrons. The molecule has 4 N–H and O–H groups in total.